The summed E-state index contributed by atoms with van der Waals surface area (Å²) in [4.78, 5) is 25.4. The van der Waals surface area contributed by atoms with Crippen LogP contribution in [0.4, 0.5) is 5.69 Å². The summed E-state index contributed by atoms with van der Waals surface area (Å²) < 4.78 is 1.83. The Hall–Kier alpha value is -3.72. The molecular weight excluding hydrogens is 386 g/mol. The summed E-state index contributed by atoms with van der Waals surface area (Å²) in [6.07, 6.45) is 2.57. The molecule has 0 spiro atoms. The van der Waals surface area contributed by atoms with Gasteiger partial charge in [-0.1, -0.05) is 12.1 Å². The number of rotatable bonds is 7. The van der Waals surface area contributed by atoms with Crippen LogP contribution in [0.5, 0.6) is 0 Å². The van der Waals surface area contributed by atoms with Gasteiger partial charge in [-0.3, -0.25) is 0 Å². The van der Waals surface area contributed by atoms with Crippen molar-refractivity contribution in [3.05, 3.63) is 54.7 Å². The number of carbonyl (C=O) groups excluding carboxylic acids is 2. The van der Waals surface area contributed by atoms with E-state index in [9.17, 15) is 19.8 Å². The van der Waals surface area contributed by atoms with Crippen molar-refractivity contribution in [2.45, 2.75) is 0 Å². The van der Waals surface area contributed by atoms with Gasteiger partial charge in [0, 0.05) is 43.0 Å². The summed E-state index contributed by atoms with van der Waals surface area (Å²) in [6.45, 7) is 1.95. The molecule has 0 unspecified atom stereocenters. The first-order chi connectivity index (χ1) is 14.3. The molecule has 0 amide bonds. The van der Waals surface area contributed by atoms with Crippen LogP contribution in [0.1, 0.15) is 0 Å². The predicted molar refractivity (Wildman–Crippen MR) is 110 cm³/mol. The second kappa shape index (κ2) is 10.7. The fourth-order valence-electron chi connectivity index (χ4n) is 2.61. The third-order valence-corrected chi connectivity index (χ3v) is 4.00. The van der Waals surface area contributed by atoms with E-state index in [2.05, 4.69) is 64.7 Å². The van der Waals surface area contributed by atoms with Gasteiger partial charge in [0.15, 0.2) is 5.65 Å². The Morgan fingerprint density at radius 2 is 1.73 bits per heavy atom. The molecule has 1 N–H and O–H groups in total. The zero-order chi connectivity index (χ0) is 22.1. The van der Waals surface area contributed by atoms with Gasteiger partial charge in [0.2, 0.25) is 0 Å². The number of carbonyl (C=O) groups is 2. The molecule has 0 atom stereocenters. The van der Waals surface area contributed by atoms with Gasteiger partial charge in [0.25, 0.3) is 0 Å². The molecule has 158 valence electrons. The van der Waals surface area contributed by atoms with Crippen molar-refractivity contribution in [3.8, 4) is 11.3 Å². The topological polar surface area (TPSA) is 126 Å². The third kappa shape index (κ3) is 6.71. The normalized spacial score (nSPS) is 10.8. The number of nitrogens with one attached hydrogen (secondary N) is 1. The van der Waals surface area contributed by atoms with Crippen LogP contribution in [0.25, 0.3) is 22.3 Å². The van der Waals surface area contributed by atoms with E-state index in [-0.39, 0.29) is 0 Å². The number of aryl methyl sites for hydroxylation is 1. The van der Waals surface area contributed by atoms with Gasteiger partial charge in [-0.2, -0.15) is 5.10 Å². The molecule has 3 aromatic rings. The summed E-state index contributed by atoms with van der Waals surface area (Å²) in [5, 5.41) is 27.9. The number of anilines is 1. The minimum absolute atomic E-state index is 0.384. The van der Waals surface area contributed by atoms with Crippen molar-refractivity contribution in [1.29, 1.82) is 0 Å². The number of pyridine rings is 1. The highest BCUT2D eigenvalue weighted by molar-refractivity contribution is 5.91. The lowest BCUT2D eigenvalue weighted by Gasteiger charge is -2.11. The second-order valence-corrected chi connectivity index (χ2v) is 6.63. The molecule has 9 nitrogen and oxygen atoms in total. The van der Waals surface area contributed by atoms with Gasteiger partial charge < -0.3 is 30.0 Å². The van der Waals surface area contributed by atoms with E-state index in [0.717, 1.165) is 41.1 Å². The molecule has 1 aromatic carbocycles. The van der Waals surface area contributed by atoms with E-state index in [4.69, 9.17) is 0 Å². The van der Waals surface area contributed by atoms with Crippen LogP contribution in [-0.4, -0.2) is 58.8 Å². The van der Waals surface area contributed by atoms with Crippen molar-refractivity contribution in [2.75, 3.05) is 32.5 Å². The number of nitrogens with zero attached hydrogens (tertiary/aromatic N) is 4. The smallest absolute Gasteiger partial charge is 0.158 e. The Bertz CT molecular complexity index is 1010. The van der Waals surface area contributed by atoms with Gasteiger partial charge in [0.1, 0.15) is 5.69 Å². The van der Waals surface area contributed by atoms with Gasteiger partial charge in [-0.15, -0.1) is 0 Å². The molecule has 0 aliphatic heterocycles. The van der Waals surface area contributed by atoms with E-state index in [1.165, 1.54) is 0 Å². The first-order valence-corrected chi connectivity index (χ1v) is 9.14. The zero-order valence-electron chi connectivity index (χ0n) is 17.0. The minimum atomic E-state index is -1.55. The molecule has 9 heteroatoms. The van der Waals surface area contributed by atoms with Crippen LogP contribution in [0.3, 0.4) is 0 Å². The highest BCUT2D eigenvalue weighted by atomic mass is 16.4. The van der Waals surface area contributed by atoms with Gasteiger partial charge in [0.05, 0.1) is 11.9 Å². The number of benzene rings is 1. The molecule has 0 aliphatic carbocycles. The Balaban J connectivity index is 0.000000343. The average molecular weight is 409 g/mol. The Labute approximate surface area is 174 Å². The molecule has 3 rings (SSSR count). The maximum absolute atomic E-state index is 9.41. The minimum Gasteiger partial charge on any atom is -0.545 e. The van der Waals surface area contributed by atoms with E-state index in [1.54, 1.807) is 6.20 Å². The van der Waals surface area contributed by atoms with Crippen LogP contribution in [0, 0.1) is 0 Å². The van der Waals surface area contributed by atoms with Gasteiger partial charge >= 0.3 is 0 Å². The maximum Gasteiger partial charge on any atom is 0.158 e. The number of fused-ring (bicyclic) bond motifs is 1. The van der Waals surface area contributed by atoms with Crippen molar-refractivity contribution in [2.24, 2.45) is 7.05 Å². The molecule has 0 saturated heterocycles. The average Bonchev–Trinajstić information content (AvgIpc) is 3.04. The predicted octanol–water partition coefficient (Wildman–Crippen LogP) is -0.349. The Morgan fingerprint density at radius 3 is 2.30 bits per heavy atom. The highest BCUT2D eigenvalue weighted by Crippen LogP contribution is 2.27. The van der Waals surface area contributed by atoms with Crippen molar-refractivity contribution in [1.82, 2.24) is 19.7 Å². The number of aromatic nitrogens is 3. The van der Waals surface area contributed by atoms with Crippen molar-refractivity contribution < 1.29 is 19.8 Å². The van der Waals surface area contributed by atoms with E-state index < -0.39 is 11.9 Å². The van der Waals surface area contributed by atoms with E-state index in [0.29, 0.717) is 12.2 Å². The van der Waals surface area contributed by atoms with Crippen LogP contribution < -0.4 is 15.5 Å². The Kier molecular flexibility index (Phi) is 8.07. The molecule has 2 heterocycles. The quantitative estimate of drug-likeness (QED) is 0.525. The number of hydrogen-bond donors (Lipinski definition) is 1. The summed E-state index contributed by atoms with van der Waals surface area (Å²) in [7, 11) is 6.08. The lowest BCUT2D eigenvalue weighted by Crippen LogP contribution is -2.23. The van der Waals surface area contributed by atoms with Crippen LogP contribution in [0.15, 0.2) is 54.7 Å². The fraction of sp³-hybridized carbons (Fsp3) is 0.238. The Morgan fingerprint density at radius 1 is 1.10 bits per heavy atom. The molecule has 0 fully saturated rings. The first kappa shape index (κ1) is 22.6. The number of aliphatic carboxylic acids is 2. The van der Waals surface area contributed by atoms with Crippen LogP contribution in [0.2, 0.25) is 0 Å². The van der Waals surface area contributed by atoms with Crippen LogP contribution in [-0.2, 0) is 16.6 Å². The molecule has 0 saturated carbocycles. The maximum atomic E-state index is 9.41. The van der Waals surface area contributed by atoms with E-state index >= 15 is 0 Å². The third-order valence-electron chi connectivity index (χ3n) is 4.00. The van der Waals surface area contributed by atoms with Gasteiger partial charge in [-0.25, -0.2) is 9.67 Å². The first-order valence-electron chi connectivity index (χ1n) is 9.14. The summed E-state index contributed by atoms with van der Waals surface area (Å²) in [5.41, 5.74) is 4.12. The molecule has 0 aliphatic rings. The lowest BCUT2D eigenvalue weighted by molar-refractivity contribution is -0.301. The monoisotopic (exact) mass is 409 g/mol. The standard InChI is InChI=1S/C17H21N5.C4H4O4/c1-21(2)12-11-18-14-8-6-13(7-9-14)16-15-5-4-10-19-17(15)22(3)20-16;5-3(6)1-2-4(7)8/h4-10,18H,11-12H2,1-3H3;1-2H,(H,5,6)(H,7,8)/p-2/b;2-1-. The fourth-order valence-corrected chi connectivity index (χ4v) is 2.61. The summed E-state index contributed by atoms with van der Waals surface area (Å²) >= 11 is 0. The molecule has 0 bridgehead atoms. The zero-order valence-corrected chi connectivity index (χ0v) is 17.0. The van der Waals surface area contributed by atoms with Crippen LogP contribution >= 0.6 is 0 Å². The van der Waals surface area contributed by atoms with E-state index in [1.807, 2.05) is 17.8 Å². The molecule has 2 aromatic heterocycles. The van der Waals surface area contributed by atoms with Crippen molar-refractivity contribution >= 4 is 28.7 Å². The van der Waals surface area contributed by atoms with Gasteiger partial charge in [-0.05, 0) is 50.5 Å². The number of carboxylic acids is 2. The SMILES string of the molecule is CN(C)CCNc1ccc(-c2nn(C)c3ncccc23)cc1.O=C([O-])/C=C\C(=O)[O-]. The summed E-state index contributed by atoms with van der Waals surface area (Å²) in [6, 6.07) is 12.4. The largest absolute Gasteiger partial charge is 0.545 e. The molecular formula is C21H23N5O4-2. The molecule has 30 heavy (non-hydrogen) atoms. The number of likely N-dealkylation sites (N-methyl/N-ethyl adjacent to an activating group) is 1. The number of carboxylic acid groups (broad SMARTS) is 2. The second-order valence-electron chi connectivity index (χ2n) is 6.63. The van der Waals surface area contributed by atoms with Crippen molar-refractivity contribution in [3.63, 3.8) is 0 Å². The number of hydrogen-bond acceptors (Lipinski definition) is 8. The molecule has 0 radical (unpaired) electrons. The lowest BCUT2D eigenvalue weighted by atomic mass is 10.1. The summed E-state index contributed by atoms with van der Waals surface area (Å²) in [5.74, 6) is -3.09. The highest BCUT2D eigenvalue weighted by Gasteiger charge is 2.10.